The Labute approximate surface area is 171 Å². The standard InChI is InChI=1S/C25H50O2/c1-23(2)19-15-11-8-6-5-7-9-14-18-22-27-25(26)21-17-13-10-12-16-20-24(3)4/h23-24H,5-22H2,1-4H3. The SMILES string of the molecule is CC(C)CCCCCCCCCCCOC(=O)CCCCCCCC(C)C. The Morgan fingerprint density at radius 1 is 0.556 bits per heavy atom. The van der Waals surface area contributed by atoms with Gasteiger partial charge in [0.25, 0.3) is 0 Å². The topological polar surface area (TPSA) is 26.3 Å². The highest BCUT2D eigenvalue weighted by molar-refractivity contribution is 5.69. The number of hydrogen-bond donors (Lipinski definition) is 0. The van der Waals surface area contributed by atoms with Crippen molar-refractivity contribution in [2.75, 3.05) is 6.61 Å². The molecule has 162 valence electrons. The predicted molar refractivity (Wildman–Crippen MR) is 119 cm³/mol. The third-order valence-electron chi connectivity index (χ3n) is 5.35. The van der Waals surface area contributed by atoms with Gasteiger partial charge in [-0.05, 0) is 24.7 Å². The van der Waals surface area contributed by atoms with Crippen LogP contribution in [0.1, 0.15) is 137 Å². The van der Waals surface area contributed by atoms with Crippen LogP contribution in [0.4, 0.5) is 0 Å². The van der Waals surface area contributed by atoms with E-state index in [9.17, 15) is 4.79 Å². The van der Waals surface area contributed by atoms with Crippen LogP contribution < -0.4 is 0 Å². The minimum Gasteiger partial charge on any atom is -0.466 e. The van der Waals surface area contributed by atoms with Crippen LogP contribution in [0.3, 0.4) is 0 Å². The lowest BCUT2D eigenvalue weighted by molar-refractivity contribution is -0.143. The van der Waals surface area contributed by atoms with Crippen LogP contribution in [0.5, 0.6) is 0 Å². The first-order valence-electron chi connectivity index (χ1n) is 12.2. The average molecular weight is 383 g/mol. The van der Waals surface area contributed by atoms with Crippen LogP contribution in [0.15, 0.2) is 0 Å². The van der Waals surface area contributed by atoms with E-state index in [0.29, 0.717) is 13.0 Å². The maximum atomic E-state index is 11.7. The van der Waals surface area contributed by atoms with Gasteiger partial charge in [-0.15, -0.1) is 0 Å². The lowest BCUT2D eigenvalue weighted by atomic mass is 10.0. The molecular formula is C25H50O2. The van der Waals surface area contributed by atoms with Gasteiger partial charge >= 0.3 is 5.97 Å². The van der Waals surface area contributed by atoms with E-state index >= 15 is 0 Å². The molecule has 0 radical (unpaired) electrons. The van der Waals surface area contributed by atoms with Gasteiger partial charge < -0.3 is 4.74 Å². The smallest absolute Gasteiger partial charge is 0.305 e. The minimum absolute atomic E-state index is 0.0126. The first kappa shape index (κ1) is 26.5. The Bertz CT molecular complexity index is 309. The predicted octanol–water partition coefficient (Wildman–Crippen LogP) is 8.47. The third-order valence-corrected chi connectivity index (χ3v) is 5.35. The number of esters is 1. The molecule has 0 unspecified atom stereocenters. The second-order valence-electron chi connectivity index (χ2n) is 9.29. The van der Waals surface area contributed by atoms with Crippen molar-refractivity contribution in [1.29, 1.82) is 0 Å². The van der Waals surface area contributed by atoms with Crippen LogP contribution in [0.25, 0.3) is 0 Å². The van der Waals surface area contributed by atoms with Crippen molar-refractivity contribution in [3.8, 4) is 0 Å². The summed E-state index contributed by atoms with van der Waals surface area (Å²) in [5.74, 6) is 1.69. The maximum Gasteiger partial charge on any atom is 0.305 e. The van der Waals surface area contributed by atoms with E-state index in [-0.39, 0.29) is 5.97 Å². The highest BCUT2D eigenvalue weighted by Gasteiger charge is 2.03. The largest absolute Gasteiger partial charge is 0.466 e. The molecule has 0 bridgehead atoms. The summed E-state index contributed by atoms with van der Waals surface area (Å²) in [5, 5.41) is 0. The van der Waals surface area contributed by atoms with Gasteiger partial charge in [-0.3, -0.25) is 4.79 Å². The Morgan fingerprint density at radius 3 is 1.37 bits per heavy atom. The van der Waals surface area contributed by atoms with E-state index < -0.39 is 0 Å². The Hall–Kier alpha value is -0.530. The van der Waals surface area contributed by atoms with Crippen LogP contribution in [-0.2, 0) is 9.53 Å². The molecule has 0 amide bonds. The van der Waals surface area contributed by atoms with E-state index in [1.54, 1.807) is 0 Å². The first-order chi connectivity index (χ1) is 13.0. The molecule has 0 heterocycles. The van der Waals surface area contributed by atoms with Gasteiger partial charge in [-0.2, -0.15) is 0 Å². The zero-order valence-corrected chi connectivity index (χ0v) is 19.2. The summed E-state index contributed by atoms with van der Waals surface area (Å²) in [5.41, 5.74) is 0. The molecule has 0 atom stereocenters. The lowest BCUT2D eigenvalue weighted by Gasteiger charge is -2.06. The molecule has 0 aliphatic heterocycles. The summed E-state index contributed by atoms with van der Waals surface area (Å²) < 4.78 is 5.35. The summed E-state index contributed by atoms with van der Waals surface area (Å²) in [6.07, 6.45) is 21.3. The van der Waals surface area contributed by atoms with Gasteiger partial charge in [0, 0.05) is 6.42 Å². The number of hydrogen-bond acceptors (Lipinski definition) is 2. The summed E-state index contributed by atoms with van der Waals surface area (Å²) in [4.78, 5) is 11.7. The fourth-order valence-electron chi connectivity index (χ4n) is 3.50. The van der Waals surface area contributed by atoms with E-state index in [0.717, 1.165) is 24.7 Å². The molecule has 0 fully saturated rings. The maximum absolute atomic E-state index is 11.7. The highest BCUT2D eigenvalue weighted by atomic mass is 16.5. The van der Waals surface area contributed by atoms with Crippen LogP contribution in [0.2, 0.25) is 0 Å². The molecule has 2 nitrogen and oxygen atoms in total. The first-order valence-corrected chi connectivity index (χ1v) is 12.2. The van der Waals surface area contributed by atoms with Crippen LogP contribution in [0, 0.1) is 11.8 Å². The summed E-state index contributed by atoms with van der Waals surface area (Å²) in [6.45, 7) is 9.82. The fraction of sp³-hybridized carbons (Fsp3) is 0.960. The molecule has 0 rings (SSSR count). The zero-order chi connectivity index (χ0) is 20.2. The molecular weight excluding hydrogens is 332 g/mol. The number of unbranched alkanes of at least 4 members (excludes halogenated alkanes) is 12. The fourth-order valence-corrected chi connectivity index (χ4v) is 3.50. The van der Waals surface area contributed by atoms with Crippen molar-refractivity contribution >= 4 is 5.97 Å². The average Bonchev–Trinajstić information content (AvgIpc) is 2.61. The number of ether oxygens (including phenoxy) is 1. The molecule has 0 spiro atoms. The minimum atomic E-state index is 0.0126. The second-order valence-corrected chi connectivity index (χ2v) is 9.29. The van der Waals surface area contributed by atoms with Gasteiger partial charge in [-0.1, -0.05) is 118 Å². The lowest BCUT2D eigenvalue weighted by Crippen LogP contribution is -2.05. The molecule has 0 aromatic rings. The summed E-state index contributed by atoms with van der Waals surface area (Å²) >= 11 is 0. The Balaban J connectivity index is 3.17. The van der Waals surface area contributed by atoms with Crippen molar-refractivity contribution in [3.05, 3.63) is 0 Å². The number of carbonyl (C=O) groups is 1. The Morgan fingerprint density at radius 2 is 0.926 bits per heavy atom. The summed E-state index contributed by atoms with van der Waals surface area (Å²) in [7, 11) is 0. The van der Waals surface area contributed by atoms with Gasteiger partial charge in [0.15, 0.2) is 0 Å². The van der Waals surface area contributed by atoms with Crippen molar-refractivity contribution < 1.29 is 9.53 Å². The molecule has 27 heavy (non-hydrogen) atoms. The van der Waals surface area contributed by atoms with Crippen molar-refractivity contribution in [3.63, 3.8) is 0 Å². The monoisotopic (exact) mass is 382 g/mol. The van der Waals surface area contributed by atoms with Crippen molar-refractivity contribution in [2.45, 2.75) is 137 Å². The molecule has 0 saturated carbocycles. The van der Waals surface area contributed by atoms with E-state index in [2.05, 4.69) is 27.7 Å². The molecule has 0 aromatic carbocycles. The van der Waals surface area contributed by atoms with E-state index in [1.165, 1.54) is 89.9 Å². The highest BCUT2D eigenvalue weighted by Crippen LogP contribution is 2.14. The number of rotatable bonds is 20. The Kier molecular flexibility index (Phi) is 19.8. The van der Waals surface area contributed by atoms with Gasteiger partial charge in [0.05, 0.1) is 6.61 Å². The second kappa shape index (κ2) is 20.2. The normalized spacial score (nSPS) is 11.5. The quantitative estimate of drug-likeness (QED) is 0.156. The van der Waals surface area contributed by atoms with E-state index in [1.807, 2.05) is 0 Å². The number of carbonyl (C=O) groups excluding carboxylic acids is 1. The molecule has 0 saturated heterocycles. The van der Waals surface area contributed by atoms with Crippen LogP contribution >= 0.6 is 0 Å². The molecule has 2 heteroatoms. The molecule has 0 aliphatic rings. The zero-order valence-electron chi connectivity index (χ0n) is 19.2. The third kappa shape index (κ3) is 23.4. The summed E-state index contributed by atoms with van der Waals surface area (Å²) in [6, 6.07) is 0. The van der Waals surface area contributed by atoms with Crippen LogP contribution in [-0.4, -0.2) is 12.6 Å². The van der Waals surface area contributed by atoms with E-state index in [4.69, 9.17) is 4.74 Å². The molecule has 0 N–H and O–H groups in total. The van der Waals surface area contributed by atoms with Gasteiger partial charge in [-0.25, -0.2) is 0 Å². The van der Waals surface area contributed by atoms with Crippen molar-refractivity contribution in [2.24, 2.45) is 11.8 Å². The van der Waals surface area contributed by atoms with Gasteiger partial charge in [0.1, 0.15) is 0 Å². The molecule has 0 aliphatic carbocycles. The van der Waals surface area contributed by atoms with Gasteiger partial charge in [0.2, 0.25) is 0 Å². The molecule has 0 aromatic heterocycles. The van der Waals surface area contributed by atoms with Crippen molar-refractivity contribution in [1.82, 2.24) is 0 Å².